The lowest BCUT2D eigenvalue weighted by Gasteiger charge is -2.49. The van der Waals surface area contributed by atoms with Gasteiger partial charge in [-0.05, 0) is 61.8 Å². The van der Waals surface area contributed by atoms with Gasteiger partial charge in [-0.25, -0.2) is 4.79 Å². The number of nitrogens with zero attached hydrogens (tertiary/aromatic N) is 1. The van der Waals surface area contributed by atoms with E-state index in [4.69, 9.17) is 10.5 Å². The minimum atomic E-state index is -0.302. The molecule has 0 aliphatic heterocycles. The lowest BCUT2D eigenvalue weighted by atomic mass is 9.58. The van der Waals surface area contributed by atoms with Crippen LogP contribution >= 0.6 is 0 Å². The summed E-state index contributed by atoms with van der Waals surface area (Å²) in [5.74, 6) is 1.22. The number of hydrogen-bond donors (Lipinski definition) is 1. The Kier molecular flexibility index (Phi) is 5.38. The van der Waals surface area contributed by atoms with Crippen molar-refractivity contribution in [1.82, 2.24) is 4.90 Å². The Morgan fingerprint density at radius 1 is 1.32 bits per heavy atom. The number of rotatable bonds is 3. The molecule has 0 saturated heterocycles. The molecular weight excluding hydrogens is 312 g/mol. The van der Waals surface area contributed by atoms with Crippen LogP contribution in [0.2, 0.25) is 0 Å². The second-order valence-corrected chi connectivity index (χ2v) is 7.80. The molecule has 2 bridgehead atoms. The zero-order valence-electron chi connectivity index (χ0n) is 15.9. The van der Waals surface area contributed by atoms with E-state index >= 15 is 0 Å². The summed E-state index contributed by atoms with van der Waals surface area (Å²) < 4.78 is 5.60. The van der Waals surface area contributed by atoms with Crippen LogP contribution in [0, 0.1) is 5.92 Å². The van der Waals surface area contributed by atoms with Crippen LogP contribution in [0.25, 0.3) is 0 Å². The van der Waals surface area contributed by atoms with Crippen LogP contribution in [0.4, 0.5) is 4.79 Å². The maximum atomic E-state index is 12.1. The van der Waals surface area contributed by atoms with Crippen molar-refractivity contribution in [1.29, 1.82) is 0 Å². The Morgan fingerprint density at radius 2 is 2.12 bits per heavy atom. The number of ether oxygens (including phenoxy) is 1. The molecule has 0 spiro atoms. The molecule has 0 radical (unpaired) electrons. The highest BCUT2D eigenvalue weighted by Gasteiger charge is 2.45. The van der Waals surface area contributed by atoms with Crippen LogP contribution in [-0.4, -0.2) is 30.6 Å². The average molecular weight is 344 g/mol. The van der Waals surface area contributed by atoms with Crippen molar-refractivity contribution >= 4 is 6.09 Å². The number of benzene rings is 1. The fourth-order valence-corrected chi connectivity index (χ4v) is 4.82. The van der Waals surface area contributed by atoms with Gasteiger partial charge in [-0.3, -0.25) is 0 Å². The lowest BCUT2D eigenvalue weighted by molar-refractivity contribution is 0.163. The zero-order chi connectivity index (χ0) is 18.0. The number of amides is 1. The summed E-state index contributed by atoms with van der Waals surface area (Å²) in [7, 11) is 1.75. The van der Waals surface area contributed by atoms with Crippen molar-refractivity contribution in [3.05, 3.63) is 29.3 Å². The van der Waals surface area contributed by atoms with Crippen LogP contribution in [0.5, 0.6) is 5.75 Å². The molecule has 0 unspecified atom stereocenters. The topological polar surface area (TPSA) is 55.6 Å². The van der Waals surface area contributed by atoms with E-state index in [-0.39, 0.29) is 17.6 Å². The molecule has 1 aromatic rings. The molecule has 1 amide bonds. The highest BCUT2D eigenvalue weighted by Crippen LogP contribution is 2.48. The van der Waals surface area contributed by atoms with Crippen molar-refractivity contribution in [2.24, 2.45) is 11.7 Å². The van der Waals surface area contributed by atoms with Crippen LogP contribution in [0.15, 0.2) is 18.2 Å². The first-order valence-electron chi connectivity index (χ1n) is 9.83. The molecule has 3 rings (SSSR count). The van der Waals surface area contributed by atoms with E-state index in [2.05, 4.69) is 19.1 Å². The van der Waals surface area contributed by atoms with Crippen molar-refractivity contribution < 1.29 is 9.53 Å². The number of hydrogen-bond acceptors (Lipinski definition) is 3. The number of fused-ring (bicyclic) bond motifs is 4. The maximum Gasteiger partial charge on any atom is 0.414 e. The summed E-state index contributed by atoms with van der Waals surface area (Å²) in [6.07, 6.45) is 8.01. The Hall–Kier alpha value is -1.55. The van der Waals surface area contributed by atoms with E-state index in [1.54, 1.807) is 11.9 Å². The SMILES string of the molecule is CCN(C)C(=O)Oc1ccc2c(c1)[C@@]1(CC)CCCCC[C@@H](C2)[C@@H]1N. The first-order valence-corrected chi connectivity index (χ1v) is 9.83. The lowest BCUT2D eigenvalue weighted by Crippen LogP contribution is -2.54. The third kappa shape index (κ3) is 3.29. The van der Waals surface area contributed by atoms with E-state index in [0.29, 0.717) is 18.2 Å². The summed E-state index contributed by atoms with van der Waals surface area (Å²) in [6, 6.07) is 6.40. The first-order chi connectivity index (χ1) is 12.0. The molecule has 1 saturated carbocycles. The fourth-order valence-electron chi connectivity index (χ4n) is 4.82. The minimum absolute atomic E-state index is 0.0255. The van der Waals surface area contributed by atoms with E-state index in [9.17, 15) is 4.79 Å². The monoisotopic (exact) mass is 344 g/mol. The smallest absolute Gasteiger partial charge is 0.410 e. The van der Waals surface area contributed by atoms with Gasteiger partial charge in [0.15, 0.2) is 0 Å². The molecule has 2 N–H and O–H groups in total. The maximum absolute atomic E-state index is 12.1. The predicted molar refractivity (Wildman–Crippen MR) is 101 cm³/mol. The molecule has 25 heavy (non-hydrogen) atoms. The molecule has 0 heterocycles. The Bertz CT molecular complexity index is 630. The van der Waals surface area contributed by atoms with Gasteiger partial charge in [0.05, 0.1) is 0 Å². The fraction of sp³-hybridized carbons (Fsp3) is 0.667. The normalized spacial score (nSPS) is 28.5. The third-order valence-corrected chi connectivity index (χ3v) is 6.57. The van der Waals surface area contributed by atoms with E-state index < -0.39 is 0 Å². The summed E-state index contributed by atoms with van der Waals surface area (Å²) in [5.41, 5.74) is 9.57. The highest BCUT2D eigenvalue weighted by atomic mass is 16.6. The Morgan fingerprint density at radius 3 is 2.84 bits per heavy atom. The number of carbonyl (C=O) groups is 1. The standard InChI is InChI=1S/C21H32N2O2/c1-4-21-12-8-6-7-9-16(19(21)22)13-15-10-11-17(14-18(15)21)25-20(24)23(3)5-2/h10-11,14,16,19H,4-9,12-13,22H2,1-3H3/t16-,19-,21+/m0/s1. The molecule has 2 aliphatic carbocycles. The molecule has 0 aromatic heterocycles. The Balaban J connectivity index is 1.97. The summed E-state index contributed by atoms with van der Waals surface area (Å²) in [6.45, 7) is 4.83. The highest BCUT2D eigenvalue weighted by molar-refractivity contribution is 5.70. The van der Waals surface area contributed by atoms with E-state index in [1.165, 1.54) is 36.8 Å². The van der Waals surface area contributed by atoms with E-state index in [1.807, 2.05) is 13.0 Å². The summed E-state index contributed by atoms with van der Waals surface area (Å²) in [4.78, 5) is 13.7. The summed E-state index contributed by atoms with van der Waals surface area (Å²) >= 11 is 0. The van der Waals surface area contributed by atoms with Gasteiger partial charge in [0, 0.05) is 25.0 Å². The number of carbonyl (C=O) groups excluding carboxylic acids is 1. The van der Waals surface area contributed by atoms with Crippen LogP contribution in [0.3, 0.4) is 0 Å². The zero-order valence-corrected chi connectivity index (χ0v) is 15.9. The van der Waals surface area contributed by atoms with Gasteiger partial charge in [0.1, 0.15) is 5.75 Å². The van der Waals surface area contributed by atoms with Gasteiger partial charge in [-0.2, -0.15) is 0 Å². The molecule has 1 aromatic carbocycles. The van der Waals surface area contributed by atoms with Gasteiger partial charge in [-0.1, -0.05) is 32.3 Å². The molecule has 4 heteroatoms. The summed E-state index contributed by atoms with van der Waals surface area (Å²) in [5, 5.41) is 0. The second-order valence-electron chi connectivity index (χ2n) is 7.80. The Labute approximate surface area is 151 Å². The van der Waals surface area contributed by atoms with Crippen molar-refractivity contribution in [2.45, 2.75) is 70.3 Å². The first kappa shape index (κ1) is 18.2. The van der Waals surface area contributed by atoms with Crippen LogP contribution in [-0.2, 0) is 11.8 Å². The average Bonchev–Trinajstić information content (AvgIpc) is 2.62. The van der Waals surface area contributed by atoms with Gasteiger partial charge >= 0.3 is 6.09 Å². The van der Waals surface area contributed by atoms with Gasteiger partial charge in [0.25, 0.3) is 0 Å². The third-order valence-electron chi connectivity index (χ3n) is 6.57. The quantitative estimate of drug-likeness (QED) is 0.892. The molecule has 1 fully saturated rings. The molecule has 138 valence electrons. The number of nitrogens with two attached hydrogens (primary N) is 1. The second kappa shape index (κ2) is 7.36. The largest absolute Gasteiger partial charge is 0.414 e. The van der Waals surface area contributed by atoms with Crippen LogP contribution in [0.1, 0.15) is 63.5 Å². The molecule has 3 atom stereocenters. The van der Waals surface area contributed by atoms with Crippen molar-refractivity contribution in [2.75, 3.05) is 13.6 Å². The van der Waals surface area contributed by atoms with Crippen molar-refractivity contribution in [3.63, 3.8) is 0 Å². The van der Waals surface area contributed by atoms with E-state index in [0.717, 1.165) is 19.3 Å². The van der Waals surface area contributed by atoms with Gasteiger partial charge < -0.3 is 15.4 Å². The molecule has 4 nitrogen and oxygen atoms in total. The van der Waals surface area contributed by atoms with Gasteiger partial charge in [0.2, 0.25) is 0 Å². The van der Waals surface area contributed by atoms with Gasteiger partial charge in [-0.15, -0.1) is 0 Å². The molecule has 2 aliphatic rings. The van der Waals surface area contributed by atoms with Crippen LogP contribution < -0.4 is 10.5 Å². The predicted octanol–water partition coefficient (Wildman–Crippen LogP) is 4.25. The molecular formula is C21H32N2O2. The van der Waals surface area contributed by atoms with Crippen molar-refractivity contribution in [3.8, 4) is 5.75 Å². The minimum Gasteiger partial charge on any atom is -0.410 e.